The average molecular weight is 257 g/mol. The van der Waals surface area contributed by atoms with Crippen LogP contribution in [0.25, 0.3) is 0 Å². The van der Waals surface area contributed by atoms with Crippen molar-refractivity contribution >= 4 is 23.6 Å². The van der Waals surface area contributed by atoms with Gasteiger partial charge in [-0.15, -0.1) is 11.8 Å². The molecule has 2 amide bonds. The molecule has 0 saturated carbocycles. The van der Waals surface area contributed by atoms with Crippen molar-refractivity contribution in [3.05, 3.63) is 29.8 Å². The Hall–Kier alpha value is -1.43. The first kappa shape index (κ1) is 12.0. The number of nitrogens with one attached hydrogen (secondary N) is 1. The van der Waals surface area contributed by atoms with E-state index in [1.54, 1.807) is 0 Å². The molecule has 1 aliphatic heterocycles. The van der Waals surface area contributed by atoms with E-state index in [-0.39, 0.29) is 18.2 Å². The number of hydrogen-bond acceptors (Lipinski definition) is 3. The average Bonchev–Trinajstić information content (AvgIpc) is 2.27. The zero-order valence-corrected chi connectivity index (χ0v) is 9.52. The van der Waals surface area contributed by atoms with Crippen molar-refractivity contribution in [3.63, 3.8) is 0 Å². The SMILES string of the molecule is O=C1CCC(Sc2ccc(F)c(F)c2)C(=O)N1. The molecule has 17 heavy (non-hydrogen) atoms. The smallest absolute Gasteiger partial charge is 0.240 e. The lowest BCUT2D eigenvalue weighted by atomic mass is 10.1. The highest BCUT2D eigenvalue weighted by atomic mass is 32.2. The minimum atomic E-state index is -0.942. The van der Waals surface area contributed by atoms with Crippen molar-refractivity contribution in [1.82, 2.24) is 5.32 Å². The van der Waals surface area contributed by atoms with Gasteiger partial charge in [0.2, 0.25) is 11.8 Å². The fourth-order valence-corrected chi connectivity index (χ4v) is 2.55. The third-order valence-electron chi connectivity index (χ3n) is 2.36. The van der Waals surface area contributed by atoms with E-state index < -0.39 is 16.9 Å². The lowest BCUT2D eigenvalue weighted by Crippen LogP contribution is -2.42. The number of thioether (sulfide) groups is 1. The van der Waals surface area contributed by atoms with E-state index in [0.29, 0.717) is 11.3 Å². The van der Waals surface area contributed by atoms with Crippen LogP contribution >= 0.6 is 11.8 Å². The first-order chi connectivity index (χ1) is 8.06. The van der Waals surface area contributed by atoms with E-state index in [9.17, 15) is 18.4 Å². The fourth-order valence-electron chi connectivity index (χ4n) is 1.50. The molecule has 2 rings (SSSR count). The molecule has 3 nitrogen and oxygen atoms in total. The number of hydrogen-bond donors (Lipinski definition) is 1. The van der Waals surface area contributed by atoms with Gasteiger partial charge in [0.15, 0.2) is 11.6 Å². The van der Waals surface area contributed by atoms with Gasteiger partial charge in [0, 0.05) is 11.3 Å². The molecule has 1 heterocycles. The van der Waals surface area contributed by atoms with Crippen LogP contribution in [0, 0.1) is 11.6 Å². The number of imide groups is 1. The predicted octanol–water partition coefficient (Wildman–Crippen LogP) is 1.86. The number of benzene rings is 1. The lowest BCUT2D eigenvalue weighted by Gasteiger charge is -2.20. The zero-order chi connectivity index (χ0) is 12.4. The molecular formula is C11H9F2NO2S. The maximum absolute atomic E-state index is 12.9. The second kappa shape index (κ2) is 4.83. The molecule has 0 bridgehead atoms. The van der Waals surface area contributed by atoms with Gasteiger partial charge in [-0.3, -0.25) is 14.9 Å². The molecule has 1 atom stereocenters. The highest BCUT2D eigenvalue weighted by molar-refractivity contribution is 8.00. The van der Waals surface area contributed by atoms with Crippen molar-refractivity contribution in [2.45, 2.75) is 23.0 Å². The molecular weight excluding hydrogens is 248 g/mol. The Morgan fingerprint density at radius 3 is 2.65 bits per heavy atom. The third kappa shape index (κ3) is 2.82. The van der Waals surface area contributed by atoms with Crippen LogP contribution in [0.1, 0.15) is 12.8 Å². The van der Waals surface area contributed by atoms with Gasteiger partial charge in [0.1, 0.15) is 0 Å². The first-order valence-electron chi connectivity index (χ1n) is 5.01. The minimum absolute atomic E-state index is 0.271. The minimum Gasteiger partial charge on any atom is -0.295 e. The fraction of sp³-hybridized carbons (Fsp3) is 0.273. The second-order valence-electron chi connectivity index (χ2n) is 3.63. The number of carbonyl (C=O) groups is 2. The number of carbonyl (C=O) groups excluding carboxylic acids is 2. The van der Waals surface area contributed by atoms with Crippen LogP contribution in [-0.2, 0) is 9.59 Å². The molecule has 1 N–H and O–H groups in total. The third-order valence-corrected chi connectivity index (χ3v) is 3.62. The van der Waals surface area contributed by atoms with E-state index in [0.717, 1.165) is 23.9 Å². The molecule has 1 fully saturated rings. The van der Waals surface area contributed by atoms with E-state index in [2.05, 4.69) is 5.32 Å². The number of amides is 2. The molecule has 0 radical (unpaired) electrons. The van der Waals surface area contributed by atoms with Crippen LogP contribution in [0.15, 0.2) is 23.1 Å². The van der Waals surface area contributed by atoms with Gasteiger partial charge in [-0.1, -0.05) is 0 Å². The van der Waals surface area contributed by atoms with E-state index in [4.69, 9.17) is 0 Å². The molecule has 0 aliphatic carbocycles. The van der Waals surface area contributed by atoms with Crippen LogP contribution in [0.3, 0.4) is 0 Å². The van der Waals surface area contributed by atoms with Gasteiger partial charge in [-0.2, -0.15) is 0 Å². The van der Waals surface area contributed by atoms with Crippen molar-refractivity contribution in [3.8, 4) is 0 Å². The van der Waals surface area contributed by atoms with Crippen molar-refractivity contribution in [2.24, 2.45) is 0 Å². The highest BCUT2D eigenvalue weighted by Gasteiger charge is 2.27. The lowest BCUT2D eigenvalue weighted by molar-refractivity contribution is -0.132. The van der Waals surface area contributed by atoms with Crippen LogP contribution in [-0.4, -0.2) is 17.1 Å². The molecule has 0 spiro atoms. The summed E-state index contributed by atoms with van der Waals surface area (Å²) in [7, 11) is 0. The Morgan fingerprint density at radius 1 is 1.24 bits per heavy atom. The molecule has 1 aliphatic rings. The summed E-state index contributed by atoms with van der Waals surface area (Å²) in [5.74, 6) is -2.53. The Balaban J connectivity index is 2.08. The van der Waals surface area contributed by atoms with Gasteiger partial charge >= 0.3 is 0 Å². The van der Waals surface area contributed by atoms with Gasteiger partial charge < -0.3 is 0 Å². The normalized spacial score (nSPS) is 20.2. The Bertz CT molecular complexity index is 479. The van der Waals surface area contributed by atoms with Crippen molar-refractivity contribution < 1.29 is 18.4 Å². The molecule has 1 saturated heterocycles. The summed E-state index contributed by atoms with van der Waals surface area (Å²) in [4.78, 5) is 22.8. The Labute approximate surface area is 101 Å². The van der Waals surface area contributed by atoms with Crippen molar-refractivity contribution in [1.29, 1.82) is 0 Å². The van der Waals surface area contributed by atoms with Crippen LogP contribution in [0.2, 0.25) is 0 Å². The zero-order valence-electron chi connectivity index (χ0n) is 8.70. The number of rotatable bonds is 2. The molecule has 0 aromatic heterocycles. The van der Waals surface area contributed by atoms with E-state index >= 15 is 0 Å². The molecule has 90 valence electrons. The summed E-state index contributed by atoms with van der Waals surface area (Å²) < 4.78 is 25.6. The van der Waals surface area contributed by atoms with E-state index in [1.165, 1.54) is 6.07 Å². The van der Waals surface area contributed by atoms with Gasteiger partial charge in [0.25, 0.3) is 0 Å². The Morgan fingerprint density at radius 2 is 2.00 bits per heavy atom. The molecule has 1 aromatic carbocycles. The molecule has 6 heteroatoms. The largest absolute Gasteiger partial charge is 0.295 e. The topological polar surface area (TPSA) is 46.2 Å². The standard InChI is InChI=1S/C11H9F2NO2S/c12-7-2-1-6(5-8(7)13)17-9-3-4-10(15)14-11(9)16/h1-2,5,9H,3-4H2,(H,14,15,16). The number of piperidine rings is 1. The molecule has 1 aromatic rings. The number of halogens is 2. The highest BCUT2D eigenvalue weighted by Crippen LogP contribution is 2.29. The van der Waals surface area contributed by atoms with Crippen LogP contribution in [0.5, 0.6) is 0 Å². The summed E-state index contributed by atoms with van der Waals surface area (Å²) in [5.41, 5.74) is 0. The maximum atomic E-state index is 12.9. The predicted molar refractivity (Wildman–Crippen MR) is 58.4 cm³/mol. The Kier molecular flexibility index (Phi) is 3.42. The monoisotopic (exact) mass is 257 g/mol. The van der Waals surface area contributed by atoms with Gasteiger partial charge in [-0.25, -0.2) is 8.78 Å². The maximum Gasteiger partial charge on any atom is 0.240 e. The van der Waals surface area contributed by atoms with Crippen LogP contribution < -0.4 is 5.32 Å². The first-order valence-corrected chi connectivity index (χ1v) is 5.89. The van der Waals surface area contributed by atoms with Gasteiger partial charge in [-0.05, 0) is 24.6 Å². The summed E-state index contributed by atoms with van der Waals surface area (Å²) >= 11 is 1.13. The second-order valence-corrected chi connectivity index (χ2v) is 4.91. The summed E-state index contributed by atoms with van der Waals surface area (Å²) in [6.45, 7) is 0. The summed E-state index contributed by atoms with van der Waals surface area (Å²) in [5, 5.41) is 1.78. The van der Waals surface area contributed by atoms with Gasteiger partial charge in [0.05, 0.1) is 5.25 Å². The van der Waals surface area contributed by atoms with Crippen LogP contribution in [0.4, 0.5) is 8.78 Å². The summed E-state index contributed by atoms with van der Waals surface area (Å²) in [6.07, 6.45) is 0.682. The quantitative estimate of drug-likeness (QED) is 0.823. The van der Waals surface area contributed by atoms with Crippen molar-refractivity contribution in [2.75, 3.05) is 0 Å². The van der Waals surface area contributed by atoms with E-state index in [1.807, 2.05) is 0 Å². The molecule has 1 unspecified atom stereocenters. The summed E-state index contributed by atoms with van der Waals surface area (Å²) in [6, 6.07) is 3.47.